The van der Waals surface area contributed by atoms with Crippen LogP contribution in [0.15, 0.2) is 160 Å². The van der Waals surface area contributed by atoms with Crippen molar-refractivity contribution in [2.24, 2.45) is 40.9 Å². The molecular weight excluding hydrogens is 1340 g/mol. The molecule has 0 bridgehead atoms. The first-order valence-electron chi connectivity index (χ1n) is 22.8. The second-order valence-corrected chi connectivity index (χ2v) is 26.4. The Morgan fingerprint density at radius 3 is 1.67 bits per heavy atom. The molecule has 0 saturated heterocycles. The van der Waals surface area contributed by atoms with Gasteiger partial charge in [-0.05, 0) is 73.7 Å². The molecule has 0 aliphatic rings. The molecule has 12 N–H and O–H groups in total. The van der Waals surface area contributed by atoms with Gasteiger partial charge in [0.25, 0.3) is 66.4 Å². The lowest BCUT2D eigenvalue weighted by Crippen LogP contribution is -2.03. The van der Waals surface area contributed by atoms with E-state index in [-0.39, 0.29) is 23.4 Å². The zero-order chi connectivity index (χ0) is 65.8. The van der Waals surface area contributed by atoms with Crippen molar-refractivity contribution in [1.29, 1.82) is 0 Å². The Kier molecular flexibility index (Phi) is 17.8. The number of nitro benzene ring substituents is 1. The summed E-state index contributed by atoms with van der Waals surface area (Å²) in [6.07, 6.45) is 0. The Balaban J connectivity index is 1.25. The number of aryl methyl sites for hydroxylation is 1. The minimum atomic E-state index is -5.75. The lowest BCUT2D eigenvalue weighted by Gasteiger charge is -2.15. The smallest absolute Gasteiger partial charge is 0.297 e. The molecule has 46 heteroatoms. The molecule has 468 valence electrons. The van der Waals surface area contributed by atoms with E-state index in [4.69, 9.17) is 15.7 Å². The summed E-state index contributed by atoms with van der Waals surface area (Å²) >= 11 is -0.0454. The largest absolute Gasteiger partial charge is 0.505 e. The predicted molar refractivity (Wildman–Crippen MR) is 298 cm³/mol. The number of ether oxygens (including phenoxy) is 1. The number of non-ortho nitro benzene ring substituents is 1. The van der Waals surface area contributed by atoms with E-state index in [2.05, 4.69) is 55.4 Å². The number of nitro groups is 1. The summed E-state index contributed by atoms with van der Waals surface area (Å²) in [4.78, 5) is 2.87. The van der Waals surface area contributed by atoms with Crippen molar-refractivity contribution in [3.05, 3.63) is 101 Å². The van der Waals surface area contributed by atoms with E-state index < -0.39 is 201 Å². The van der Waals surface area contributed by atoms with Crippen LogP contribution in [0, 0.1) is 17.0 Å². The summed E-state index contributed by atoms with van der Waals surface area (Å²) in [6, 6.07) is 10.4. The topological polar surface area (TPSA) is 621 Å². The minimum Gasteiger partial charge on any atom is -0.505 e. The summed E-state index contributed by atoms with van der Waals surface area (Å²) in [5.74, 6) is -3.94. The molecule has 7 aromatic carbocycles. The van der Waals surface area contributed by atoms with Crippen LogP contribution in [-0.4, -0.2) is 120 Å². The molecule has 0 fully saturated rings. The number of hydrogen-bond acceptors (Lipinski definition) is 32. The van der Waals surface area contributed by atoms with Crippen molar-refractivity contribution in [3.63, 3.8) is 0 Å². The van der Waals surface area contributed by atoms with Crippen LogP contribution in [0.1, 0.15) is 5.69 Å². The number of benzene rings is 7. The van der Waals surface area contributed by atoms with Crippen LogP contribution in [0.25, 0.3) is 27.2 Å². The molecular formula is C43H32N12O27S7. The number of phenolic OH excluding ortho intramolecular Hbond substituents is 2. The fourth-order valence-corrected chi connectivity index (χ4v) is 12.4. The van der Waals surface area contributed by atoms with E-state index in [1.165, 1.54) is 6.92 Å². The third kappa shape index (κ3) is 13.6. The van der Waals surface area contributed by atoms with E-state index in [9.17, 15) is 103 Å². The fraction of sp³-hybridized carbons (Fsp3) is 0.0465. The van der Waals surface area contributed by atoms with Crippen LogP contribution in [0.4, 0.5) is 56.9 Å². The Bertz CT molecular complexity index is 5200. The zero-order valence-corrected chi connectivity index (χ0v) is 49.1. The van der Waals surface area contributed by atoms with Gasteiger partial charge in [-0.3, -0.25) is 37.4 Å². The minimum absolute atomic E-state index is 0.0200. The number of aromatic hydroxyl groups is 3. The summed E-state index contributed by atoms with van der Waals surface area (Å²) in [7, 11) is -31.2. The molecule has 0 saturated carbocycles. The number of phenols is 2. The lowest BCUT2D eigenvalue weighted by atomic mass is 10.0. The van der Waals surface area contributed by atoms with Gasteiger partial charge >= 0.3 is 0 Å². The van der Waals surface area contributed by atoms with Gasteiger partial charge in [-0.1, -0.05) is 5.04 Å². The first-order chi connectivity index (χ1) is 41.3. The van der Waals surface area contributed by atoms with E-state index in [0.29, 0.717) is 42.5 Å². The molecule has 0 aliphatic carbocycles. The molecule has 8 rings (SSSR count). The van der Waals surface area contributed by atoms with Gasteiger partial charge in [0.1, 0.15) is 70.0 Å². The van der Waals surface area contributed by atoms with Gasteiger partial charge in [-0.15, -0.1) is 45.2 Å². The van der Waals surface area contributed by atoms with Gasteiger partial charge < -0.3 is 25.8 Å². The van der Waals surface area contributed by atoms with Gasteiger partial charge in [0.05, 0.1) is 56.3 Å². The highest BCUT2D eigenvalue weighted by atomic mass is 32.2. The summed E-state index contributed by atoms with van der Waals surface area (Å²) in [5.41, 5.74) is -2.11. The van der Waals surface area contributed by atoms with Crippen LogP contribution in [0.3, 0.4) is 0 Å². The molecule has 1 heterocycles. The quantitative estimate of drug-likeness (QED) is 0.00646. The van der Waals surface area contributed by atoms with Crippen molar-refractivity contribution < 1.29 is 117 Å². The van der Waals surface area contributed by atoms with Gasteiger partial charge in [0, 0.05) is 34.4 Å². The maximum atomic E-state index is 13.2. The molecule has 89 heavy (non-hydrogen) atoms. The second-order valence-electron chi connectivity index (χ2n) is 17.3. The average Bonchev–Trinajstić information content (AvgIpc) is 1.34. The van der Waals surface area contributed by atoms with Crippen molar-refractivity contribution in [1.82, 2.24) is 9.78 Å². The zero-order valence-electron chi connectivity index (χ0n) is 43.3. The van der Waals surface area contributed by atoms with Crippen molar-refractivity contribution in [2.75, 3.05) is 12.8 Å². The molecule has 8 aromatic rings. The number of nitrogens with zero attached hydrogens (tertiary/aromatic N) is 11. The van der Waals surface area contributed by atoms with Crippen LogP contribution >= 0.6 is 12.0 Å². The van der Waals surface area contributed by atoms with Gasteiger partial charge in [0.2, 0.25) is 5.88 Å². The normalized spacial score (nSPS) is 13.1. The predicted octanol–water partition coefficient (Wildman–Crippen LogP) is 8.67. The Morgan fingerprint density at radius 1 is 0.551 bits per heavy atom. The number of methoxy groups -OCH3 is 1. The standard InChI is InChI=1S/C43H32N12O27S7/c1-17-37(43(58)54(53-17)18-3-6-20(7-4-18)84(62,63)64)50-48-27-14-26(29(80-2)16-33(27)87(71,72)73)47-52-39-34(88(74,75)76)13-22-21(40(39)56)8-10-25(42(22)89(77,78)79)46-49-28-15-31(85(65,66)67)23-12-30(83-82-81-61)38(41(57)35(23)36(28)44)51-45-24-9-5-19(55(59)60)11-32(24)86(68,69)70/h3-16,56-58,61H,44H2,1-2H3,(H,62,63,64)(H,65,66,67)(H,68,69,70)(H,71,72,73)(H,74,75,76)(H,77,78,79). The third-order valence-electron chi connectivity index (χ3n) is 11.8. The fourth-order valence-electron chi connectivity index (χ4n) is 8.00. The van der Waals surface area contributed by atoms with Gasteiger partial charge in [-0.25, -0.2) is 5.26 Å². The molecule has 0 aliphatic heterocycles. The van der Waals surface area contributed by atoms with Crippen molar-refractivity contribution in [3.8, 4) is 28.8 Å². The van der Waals surface area contributed by atoms with Crippen LogP contribution in [0.5, 0.6) is 23.1 Å². The average molecular weight is 1370 g/mol. The van der Waals surface area contributed by atoms with Crippen molar-refractivity contribution >= 4 is 151 Å². The number of fused-ring (bicyclic) bond motifs is 2. The number of anilines is 1. The maximum absolute atomic E-state index is 13.2. The Hall–Kier alpha value is -9.24. The number of azo groups is 4. The van der Waals surface area contributed by atoms with Crippen LogP contribution in [-0.2, 0) is 70.1 Å². The number of hydrogen-bond donors (Lipinski definition) is 11. The molecule has 1 aromatic heterocycles. The molecule has 0 unspecified atom stereocenters. The van der Waals surface area contributed by atoms with Crippen LogP contribution in [0.2, 0.25) is 0 Å². The summed E-state index contributed by atoms with van der Waals surface area (Å²) in [5, 5.41) is 88.6. The highest BCUT2D eigenvalue weighted by Crippen LogP contribution is 2.52. The number of nitrogen functional groups attached to an aromatic ring is 1. The highest BCUT2D eigenvalue weighted by Gasteiger charge is 2.31. The molecule has 0 atom stereocenters. The SMILES string of the molecule is COc1cc(S(=O)(=O)O)c(N=Nc2c(C)nn(-c3ccc(S(=O)(=O)O)cc3)c2O)cc1N=Nc1c(S(=O)(=O)O)cc2c(S(=O)(=O)O)c(N=Nc3cc(S(=O)(=O)O)c4cc(SOOO)c(N=Nc5ccc([N+](=O)[O-])cc5S(=O)(=O)O)c(O)c4c3N)ccc2c1O. The Labute approximate surface area is 500 Å². The van der Waals surface area contributed by atoms with E-state index >= 15 is 0 Å². The molecule has 39 nitrogen and oxygen atoms in total. The third-order valence-corrected chi connectivity index (χ3v) is 17.8. The van der Waals surface area contributed by atoms with E-state index in [1.807, 2.05) is 0 Å². The number of rotatable bonds is 20. The number of aromatic nitrogens is 2. The lowest BCUT2D eigenvalue weighted by molar-refractivity contribution is -0.432. The van der Waals surface area contributed by atoms with E-state index in [1.54, 1.807) is 0 Å². The first kappa shape index (κ1) is 65.7. The maximum Gasteiger partial charge on any atom is 0.297 e. The summed E-state index contributed by atoms with van der Waals surface area (Å²) < 4.78 is 222. The first-order valence-corrected chi connectivity index (χ1v) is 32.1. The Morgan fingerprint density at radius 2 is 1.10 bits per heavy atom. The monoisotopic (exact) mass is 1370 g/mol. The van der Waals surface area contributed by atoms with E-state index in [0.717, 1.165) is 54.3 Å². The van der Waals surface area contributed by atoms with Gasteiger partial charge in [0.15, 0.2) is 17.2 Å². The summed E-state index contributed by atoms with van der Waals surface area (Å²) in [6.45, 7) is 1.30. The molecule has 0 radical (unpaired) electrons. The molecule has 0 spiro atoms. The second kappa shape index (κ2) is 24.0. The number of nitrogens with two attached hydrogens (primary N) is 1. The van der Waals surface area contributed by atoms with Crippen LogP contribution < -0.4 is 10.5 Å². The highest BCUT2D eigenvalue weighted by molar-refractivity contribution is 7.94. The molecule has 0 amide bonds. The van der Waals surface area contributed by atoms with Gasteiger partial charge in [-0.2, -0.15) is 60.3 Å². The van der Waals surface area contributed by atoms with Crippen molar-refractivity contribution in [2.45, 2.75) is 41.2 Å².